The lowest BCUT2D eigenvalue weighted by molar-refractivity contribution is 0.0939. The van der Waals surface area contributed by atoms with Crippen molar-refractivity contribution in [2.24, 2.45) is 0 Å². The fraction of sp³-hybridized carbons (Fsp3) is 0.269. The number of fused-ring (bicyclic) bond motifs is 1. The van der Waals surface area contributed by atoms with Crippen LogP contribution in [0.2, 0.25) is 5.02 Å². The summed E-state index contributed by atoms with van der Waals surface area (Å²) in [6, 6.07) is 17.5. The predicted octanol–water partition coefficient (Wildman–Crippen LogP) is 5.82. The van der Waals surface area contributed by atoms with E-state index in [0.717, 1.165) is 24.0 Å². The van der Waals surface area contributed by atoms with E-state index in [1.165, 1.54) is 42.2 Å². The van der Waals surface area contributed by atoms with Gasteiger partial charge in [-0.3, -0.25) is 9.52 Å². The first kappa shape index (κ1) is 23.3. The molecule has 0 unspecified atom stereocenters. The molecule has 0 heterocycles. The highest BCUT2D eigenvalue weighted by atomic mass is 35.5. The van der Waals surface area contributed by atoms with Crippen LogP contribution in [-0.2, 0) is 22.9 Å². The number of rotatable bonds is 6. The van der Waals surface area contributed by atoms with Crippen LogP contribution in [0.4, 0.5) is 5.69 Å². The Kier molecular flexibility index (Phi) is 6.77. The molecule has 0 bridgehead atoms. The third-order valence-corrected chi connectivity index (χ3v) is 7.94. The van der Waals surface area contributed by atoms with Gasteiger partial charge >= 0.3 is 0 Å². The Bertz CT molecular complexity index is 1300. The van der Waals surface area contributed by atoms with Gasteiger partial charge in [-0.25, -0.2) is 8.42 Å². The molecule has 1 atom stereocenters. The number of anilines is 1. The van der Waals surface area contributed by atoms with Crippen LogP contribution < -0.4 is 10.0 Å². The van der Waals surface area contributed by atoms with Crippen LogP contribution in [0.3, 0.4) is 0 Å². The van der Waals surface area contributed by atoms with Crippen LogP contribution in [0.15, 0.2) is 65.6 Å². The van der Waals surface area contributed by atoms with Crippen LogP contribution in [0, 0.1) is 6.92 Å². The second kappa shape index (κ2) is 9.57. The third kappa shape index (κ3) is 5.23. The number of sulfonamides is 1. The Hall–Kier alpha value is -2.83. The minimum absolute atomic E-state index is 0.0513. The number of halogens is 1. The number of carbonyl (C=O) groups is 1. The summed E-state index contributed by atoms with van der Waals surface area (Å²) in [5.74, 6) is -0.357. The molecule has 1 aliphatic rings. The van der Waals surface area contributed by atoms with Gasteiger partial charge in [0.2, 0.25) is 0 Å². The molecule has 3 aromatic carbocycles. The predicted molar refractivity (Wildman–Crippen MR) is 132 cm³/mol. The fourth-order valence-electron chi connectivity index (χ4n) is 4.12. The molecule has 0 aliphatic heterocycles. The molecule has 7 heteroatoms. The van der Waals surface area contributed by atoms with Gasteiger partial charge in [-0.1, -0.05) is 48.0 Å². The van der Waals surface area contributed by atoms with E-state index in [4.69, 9.17) is 11.6 Å². The highest BCUT2D eigenvalue weighted by Gasteiger charge is 2.22. The molecule has 1 aliphatic carbocycles. The van der Waals surface area contributed by atoms with E-state index in [2.05, 4.69) is 28.2 Å². The Balaban J connectivity index is 1.54. The second-order valence-corrected chi connectivity index (χ2v) is 10.6. The van der Waals surface area contributed by atoms with Crippen LogP contribution in [0.1, 0.15) is 58.4 Å². The van der Waals surface area contributed by atoms with Crippen LogP contribution in [-0.4, -0.2) is 14.3 Å². The molecule has 1 amide bonds. The van der Waals surface area contributed by atoms with Crippen LogP contribution in [0.5, 0.6) is 0 Å². The maximum atomic E-state index is 13.0. The van der Waals surface area contributed by atoms with Crippen molar-refractivity contribution in [2.75, 3.05) is 4.72 Å². The number of amides is 1. The normalized spacial score (nSPS) is 14.3. The van der Waals surface area contributed by atoms with Crippen molar-refractivity contribution in [3.63, 3.8) is 0 Å². The number of hydrogen-bond acceptors (Lipinski definition) is 3. The van der Waals surface area contributed by atoms with E-state index in [1.54, 1.807) is 12.1 Å². The quantitative estimate of drug-likeness (QED) is 0.465. The lowest BCUT2D eigenvalue weighted by Gasteiger charge is -2.20. The zero-order chi connectivity index (χ0) is 23.6. The molecule has 4 rings (SSSR count). The van der Waals surface area contributed by atoms with E-state index < -0.39 is 10.0 Å². The summed E-state index contributed by atoms with van der Waals surface area (Å²) >= 11 is 6.21. The van der Waals surface area contributed by atoms with E-state index in [9.17, 15) is 13.2 Å². The van der Waals surface area contributed by atoms with Crippen LogP contribution in [0.25, 0.3) is 0 Å². The van der Waals surface area contributed by atoms with Gasteiger partial charge in [0.05, 0.1) is 16.8 Å². The maximum Gasteiger partial charge on any atom is 0.263 e. The summed E-state index contributed by atoms with van der Waals surface area (Å²) in [6.45, 7) is 3.74. The molecule has 172 valence electrons. The van der Waals surface area contributed by atoms with E-state index in [-0.39, 0.29) is 27.4 Å². The SMILES string of the molecule is Cc1ccccc1NS(=O)(=O)c1cc(C(=O)N[C@@H](C)c2ccc3c(c2)CCCC3)ccc1Cl. The zero-order valence-corrected chi connectivity index (χ0v) is 20.3. The summed E-state index contributed by atoms with van der Waals surface area (Å²) in [4.78, 5) is 12.8. The van der Waals surface area contributed by atoms with Gasteiger partial charge in [-0.15, -0.1) is 0 Å². The van der Waals surface area contributed by atoms with Gasteiger partial charge in [-0.2, -0.15) is 0 Å². The number of carbonyl (C=O) groups excluding carboxylic acids is 1. The fourth-order valence-corrected chi connectivity index (χ4v) is 5.78. The number of hydrogen-bond donors (Lipinski definition) is 2. The topological polar surface area (TPSA) is 75.3 Å². The molecular weight excluding hydrogens is 456 g/mol. The molecule has 33 heavy (non-hydrogen) atoms. The third-order valence-electron chi connectivity index (χ3n) is 6.09. The minimum atomic E-state index is -3.98. The molecule has 0 radical (unpaired) electrons. The average molecular weight is 483 g/mol. The first-order valence-corrected chi connectivity index (χ1v) is 12.9. The van der Waals surface area contributed by atoms with Crippen molar-refractivity contribution < 1.29 is 13.2 Å². The summed E-state index contributed by atoms with van der Waals surface area (Å²) in [5.41, 5.74) is 5.25. The molecule has 5 nitrogen and oxygen atoms in total. The smallest absolute Gasteiger partial charge is 0.263 e. The van der Waals surface area contributed by atoms with Crippen molar-refractivity contribution in [3.8, 4) is 0 Å². The van der Waals surface area contributed by atoms with Crippen LogP contribution >= 0.6 is 11.6 Å². The van der Waals surface area contributed by atoms with Gasteiger partial charge in [-0.05, 0) is 86.1 Å². The molecule has 2 N–H and O–H groups in total. The molecule has 0 aromatic heterocycles. The van der Waals surface area contributed by atoms with Crippen molar-refractivity contribution in [1.29, 1.82) is 0 Å². The van der Waals surface area contributed by atoms with E-state index in [0.29, 0.717) is 5.69 Å². The Labute approximate surface area is 200 Å². The highest BCUT2D eigenvalue weighted by Crippen LogP contribution is 2.28. The maximum absolute atomic E-state index is 13.0. The summed E-state index contributed by atoms with van der Waals surface area (Å²) in [7, 11) is -3.98. The summed E-state index contributed by atoms with van der Waals surface area (Å²) in [6.07, 6.45) is 4.58. The monoisotopic (exact) mass is 482 g/mol. The van der Waals surface area contributed by atoms with Gasteiger partial charge in [0.1, 0.15) is 4.90 Å². The van der Waals surface area contributed by atoms with E-state index in [1.807, 2.05) is 26.0 Å². The van der Waals surface area contributed by atoms with Crippen molar-refractivity contribution >= 4 is 33.2 Å². The number of aryl methyl sites for hydroxylation is 3. The average Bonchev–Trinajstić information content (AvgIpc) is 2.80. The Morgan fingerprint density at radius 1 is 0.970 bits per heavy atom. The first-order valence-electron chi connectivity index (χ1n) is 11.0. The molecule has 0 saturated heterocycles. The summed E-state index contributed by atoms with van der Waals surface area (Å²) < 4.78 is 28.6. The highest BCUT2D eigenvalue weighted by molar-refractivity contribution is 7.92. The molecule has 0 spiro atoms. The molecule has 3 aromatic rings. The molecular formula is C26H27ClN2O3S. The number of benzene rings is 3. The number of para-hydroxylation sites is 1. The standard InChI is InChI=1S/C26H27ClN2O3S/c1-17-7-3-6-10-24(17)29-33(31,32)25-16-22(13-14-23(25)27)26(30)28-18(2)20-12-11-19-8-4-5-9-21(19)15-20/h3,6-7,10-16,18,29H,4-5,8-9H2,1-2H3,(H,28,30)/t18-/m0/s1. The Morgan fingerprint density at radius 3 is 2.45 bits per heavy atom. The largest absolute Gasteiger partial charge is 0.346 e. The Morgan fingerprint density at radius 2 is 1.70 bits per heavy atom. The zero-order valence-electron chi connectivity index (χ0n) is 18.7. The minimum Gasteiger partial charge on any atom is -0.346 e. The first-order chi connectivity index (χ1) is 15.7. The number of nitrogens with one attached hydrogen (secondary N) is 2. The van der Waals surface area contributed by atoms with Gasteiger partial charge in [0, 0.05) is 5.56 Å². The van der Waals surface area contributed by atoms with Crippen molar-refractivity contribution in [3.05, 3.63) is 93.5 Å². The van der Waals surface area contributed by atoms with E-state index >= 15 is 0 Å². The van der Waals surface area contributed by atoms with Crippen molar-refractivity contribution in [1.82, 2.24) is 5.32 Å². The molecule has 0 saturated carbocycles. The van der Waals surface area contributed by atoms with Crippen molar-refractivity contribution in [2.45, 2.75) is 50.5 Å². The summed E-state index contributed by atoms with van der Waals surface area (Å²) in [5, 5.41) is 3.03. The lowest BCUT2D eigenvalue weighted by atomic mass is 9.89. The van der Waals surface area contributed by atoms with Gasteiger partial charge in [0.25, 0.3) is 15.9 Å². The lowest BCUT2D eigenvalue weighted by Crippen LogP contribution is -2.27. The second-order valence-electron chi connectivity index (χ2n) is 8.50. The van der Waals surface area contributed by atoms with Gasteiger partial charge < -0.3 is 5.32 Å². The molecule has 0 fully saturated rings. The van der Waals surface area contributed by atoms with Gasteiger partial charge in [0.15, 0.2) is 0 Å².